The first-order chi connectivity index (χ1) is 20.0. The molecular formula is C36H71NO4. The number of aliphatic hydroxyl groups is 3. The monoisotopic (exact) mass is 582 g/mol. The third kappa shape index (κ3) is 29.0. The van der Waals surface area contributed by atoms with Gasteiger partial charge in [-0.2, -0.15) is 0 Å². The summed E-state index contributed by atoms with van der Waals surface area (Å²) in [6.07, 6.45) is 34.9. The van der Waals surface area contributed by atoms with Crippen LogP contribution in [0.5, 0.6) is 0 Å². The lowest BCUT2D eigenvalue weighted by atomic mass is 10.0. The number of amides is 1. The number of aliphatic hydroxyl groups excluding tert-OH is 3. The predicted molar refractivity (Wildman–Crippen MR) is 176 cm³/mol. The van der Waals surface area contributed by atoms with Crippen molar-refractivity contribution < 1.29 is 20.1 Å². The molecule has 3 atom stereocenters. The van der Waals surface area contributed by atoms with Gasteiger partial charge in [-0.3, -0.25) is 4.79 Å². The van der Waals surface area contributed by atoms with Crippen LogP contribution in [0.4, 0.5) is 0 Å². The van der Waals surface area contributed by atoms with Crippen LogP contribution in [0.25, 0.3) is 0 Å². The van der Waals surface area contributed by atoms with Crippen LogP contribution in [0, 0.1) is 0 Å². The van der Waals surface area contributed by atoms with Crippen molar-refractivity contribution in [2.24, 2.45) is 0 Å². The van der Waals surface area contributed by atoms with E-state index in [-0.39, 0.29) is 18.9 Å². The third-order valence-corrected chi connectivity index (χ3v) is 8.32. The molecule has 0 aliphatic carbocycles. The summed E-state index contributed by atoms with van der Waals surface area (Å²) in [5.74, 6) is -0.318. The molecule has 1 amide bonds. The Morgan fingerprint density at radius 3 is 1.41 bits per heavy atom. The van der Waals surface area contributed by atoms with Crippen molar-refractivity contribution in [2.75, 3.05) is 6.61 Å². The van der Waals surface area contributed by atoms with Gasteiger partial charge in [-0.1, -0.05) is 174 Å². The molecule has 0 rings (SSSR count). The van der Waals surface area contributed by atoms with Crippen LogP contribution < -0.4 is 5.32 Å². The van der Waals surface area contributed by atoms with Crippen molar-refractivity contribution >= 4 is 5.91 Å². The maximum atomic E-state index is 12.3. The Morgan fingerprint density at radius 1 is 0.610 bits per heavy atom. The Labute approximate surface area is 255 Å². The first-order valence-corrected chi connectivity index (χ1v) is 18.0. The Morgan fingerprint density at radius 2 is 1.00 bits per heavy atom. The number of carbonyl (C=O) groups is 1. The average Bonchev–Trinajstić information content (AvgIpc) is 2.96. The van der Waals surface area contributed by atoms with E-state index in [0.29, 0.717) is 6.42 Å². The van der Waals surface area contributed by atoms with E-state index in [0.717, 1.165) is 25.7 Å². The molecule has 0 aliphatic rings. The van der Waals surface area contributed by atoms with Gasteiger partial charge in [0.05, 0.1) is 31.3 Å². The zero-order valence-corrected chi connectivity index (χ0v) is 27.4. The summed E-state index contributed by atoms with van der Waals surface area (Å²) in [5, 5.41) is 32.9. The molecule has 0 saturated heterocycles. The summed E-state index contributed by atoms with van der Waals surface area (Å²) in [6.45, 7) is 4.17. The Kier molecular flexibility index (Phi) is 31.3. The lowest BCUT2D eigenvalue weighted by Gasteiger charge is -2.21. The van der Waals surface area contributed by atoms with E-state index in [4.69, 9.17) is 0 Å². The number of allylic oxidation sites excluding steroid dienone is 1. The van der Waals surface area contributed by atoms with Crippen LogP contribution in [0.2, 0.25) is 0 Å². The second-order valence-corrected chi connectivity index (χ2v) is 12.5. The van der Waals surface area contributed by atoms with E-state index in [1.54, 1.807) is 6.08 Å². The van der Waals surface area contributed by atoms with Crippen molar-refractivity contribution in [3.05, 3.63) is 12.2 Å². The van der Waals surface area contributed by atoms with Gasteiger partial charge in [0.2, 0.25) is 5.91 Å². The lowest BCUT2D eigenvalue weighted by molar-refractivity contribution is -0.124. The molecule has 0 aromatic rings. The minimum atomic E-state index is -0.921. The van der Waals surface area contributed by atoms with Crippen LogP contribution >= 0.6 is 0 Å². The third-order valence-electron chi connectivity index (χ3n) is 8.32. The van der Waals surface area contributed by atoms with Gasteiger partial charge < -0.3 is 20.6 Å². The van der Waals surface area contributed by atoms with E-state index >= 15 is 0 Å². The number of nitrogens with one attached hydrogen (secondary N) is 1. The summed E-state index contributed by atoms with van der Waals surface area (Å²) in [4.78, 5) is 12.3. The highest BCUT2D eigenvalue weighted by atomic mass is 16.3. The molecule has 41 heavy (non-hydrogen) atoms. The minimum absolute atomic E-state index is 0.0165. The molecule has 0 fully saturated rings. The molecule has 0 radical (unpaired) electrons. The summed E-state index contributed by atoms with van der Waals surface area (Å²) in [6, 6.07) is -0.736. The topological polar surface area (TPSA) is 89.8 Å². The van der Waals surface area contributed by atoms with Crippen molar-refractivity contribution in [3.8, 4) is 0 Å². The first kappa shape index (κ1) is 40.1. The van der Waals surface area contributed by atoms with Crippen molar-refractivity contribution in [3.63, 3.8) is 0 Å². The SMILES string of the molecule is CCCCCCCCCCCCCCCCCC/C=C/C(O)C(CO)NC(=O)CC(O)CCCCCCCCCC. The second-order valence-electron chi connectivity index (χ2n) is 12.5. The van der Waals surface area contributed by atoms with Gasteiger partial charge in [0.1, 0.15) is 0 Å². The second kappa shape index (κ2) is 32.0. The summed E-state index contributed by atoms with van der Waals surface area (Å²) in [5.41, 5.74) is 0. The maximum absolute atomic E-state index is 12.3. The largest absolute Gasteiger partial charge is 0.394 e. The van der Waals surface area contributed by atoms with Gasteiger partial charge in [0, 0.05) is 0 Å². The molecule has 0 aromatic heterocycles. The average molecular weight is 582 g/mol. The number of unbranched alkanes of at least 4 members (excludes halogenated alkanes) is 23. The molecule has 0 aliphatic heterocycles. The van der Waals surface area contributed by atoms with Gasteiger partial charge in [0.25, 0.3) is 0 Å². The molecule has 244 valence electrons. The van der Waals surface area contributed by atoms with Crippen molar-refractivity contribution in [1.82, 2.24) is 5.32 Å². The maximum Gasteiger partial charge on any atom is 0.222 e. The molecule has 0 saturated carbocycles. The predicted octanol–water partition coefficient (Wildman–Crippen LogP) is 9.31. The molecule has 0 heterocycles. The number of rotatable bonds is 32. The lowest BCUT2D eigenvalue weighted by Crippen LogP contribution is -2.45. The van der Waals surface area contributed by atoms with Gasteiger partial charge in [-0.15, -0.1) is 0 Å². The van der Waals surface area contributed by atoms with Gasteiger partial charge in [-0.25, -0.2) is 0 Å². The zero-order chi connectivity index (χ0) is 30.2. The van der Waals surface area contributed by atoms with E-state index in [2.05, 4.69) is 19.2 Å². The molecule has 5 heteroatoms. The van der Waals surface area contributed by atoms with E-state index in [1.165, 1.54) is 135 Å². The quantitative estimate of drug-likeness (QED) is 0.0471. The van der Waals surface area contributed by atoms with Gasteiger partial charge in [0.15, 0.2) is 0 Å². The van der Waals surface area contributed by atoms with Crippen LogP contribution in [0.3, 0.4) is 0 Å². The summed E-state index contributed by atoms with van der Waals surface area (Å²) >= 11 is 0. The summed E-state index contributed by atoms with van der Waals surface area (Å²) < 4.78 is 0. The Balaban J connectivity index is 3.69. The van der Waals surface area contributed by atoms with Crippen molar-refractivity contribution in [1.29, 1.82) is 0 Å². The molecule has 4 N–H and O–H groups in total. The van der Waals surface area contributed by atoms with Crippen LogP contribution in [-0.4, -0.2) is 46.1 Å². The Bertz CT molecular complexity index is 568. The van der Waals surface area contributed by atoms with Gasteiger partial charge >= 0.3 is 0 Å². The smallest absolute Gasteiger partial charge is 0.222 e. The molecule has 5 nitrogen and oxygen atoms in total. The fourth-order valence-corrected chi connectivity index (χ4v) is 5.51. The van der Waals surface area contributed by atoms with E-state index in [9.17, 15) is 20.1 Å². The number of hydrogen-bond donors (Lipinski definition) is 4. The zero-order valence-electron chi connectivity index (χ0n) is 27.4. The van der Waals surface area contributed by atoms with Crippen LogP contribution in [0.15, 0.2) is 12.2 Å². The van der Waals surface area contributed by atoms with Crippen molar-refractivity contribution in [2.45, 2.75) is 205 Å². The highest BCUT2D eigenvalue weighted by Crippen LogP contribution is 2.15. The van der Waals surface area contributed by atoms with Crippen LogP contribution in [-0.2, 0) is 4.79 Å². The molecule has 0 spiro atoms. The molecule has 3 unspecified atom stereocenters. The first-order valence-electron chi connectivity index (χ1n) is 18.0. The van der Waals surface area contributed by atoms with Crippen LogP contribution in [0.1, 0.15) is 187 Å². The highest BCUT2D eigenvalue weighted by molar-refractivity contribution is 5.76. The fraction of sp³-hybridized carbons (Fsp3) is 0.917. The Hall–Kier alpha value is -0.910. The van der Waals surface area contributed by atoms with E-state index < -0.39 is 18.2 Å². The van der Waals surface area contributed by atoms with Gasteiger partial charge in [-0.05, 0) is 19.3 Å². The summed E-state index contributed by atoms with van der Waals surface area (Å²) in [7, 11) is 0. The molecule has 0 bridgehead atoms. The van der Waals surface area contributed by atoms with E-state index in [1.807, 2.05) is 6.08 Å². The number of hydrogen-bond acceptors (Lipinski definition) is 4. The molecular weight excluding hydrogens is 510 g/mol. The minimum Gasteiger partial charge on any atom is -0.394 e. The normalized spacial score (nSPS) is 14.0. The fourth-order valence-electron chi connectivity index (χ4n) is 5.51. The highest BCUT2D eigenvalue weighted by Gasteiger charge is 2.20. The molecule has 0 aromatic carbocycles. The standard InChI is InChI=1S/C36H71NO4/c1-3-5-7-9-11-13-14-15-16-17-18-19-20-21-22-24-26-28-30-35(40)34(32-38)37-36(41)31-33(39)29-27-25-23-12-10-8-6-4-2/h28,30,33-35,38-40H,3-27,29,31-32H2,1-2H3,(H,37,41)/b30-28+. The number of carbonyl (C=O) groups excluding carboxylic acids is 1.